The number of aliphatic hydroxyl groups excluding tert-OH is 1. The zero-order valence-electron chi connectivity index (χ0n) is 16.2. The first kappa shape index (κ1) is 21.2. The summed E-state index contributed by atoms with van der Waals surface area (Å²) in [4.78, 5) is 17.2. The van der Waals surface area contributed by atoms with Crippen molar-refractivity contribution >= 4 is 49.0 Å². The Bertz CT molecular complexity index is 979. The summed E-state index contributed by atoms with van der Waals surface area (Å²) in [6, 6.07) is 7.34. The Morgan fingerprint density at radius 3 is 2.79 bits per heavy atom. The third-order valence-electron chi connectivity index (χ3n) is 4.73. The van der Waals surface area contributed by atoms with Gasteiger partial charge in [0.15, 0.2) is 5.76 Å². The second-order valence-corrected chi connectivity index (χ2v) is 8.56. The zero-order valence-corrected chi connectivity index (χ0v) is 18.2. The van der Waals surface area contributed by atoms with Gasteiger partial charge in [0.05, 0.1) is 5.69 Å². The molecule has 1 aromatic carbocycles. The molecule has 0 aliphatic heterocycles. The Morgan fingerprint density at radius 2 is 2.17 bits per heavy atom. The fourth-order valence-corrected chi connectivity index (χ4v) is 3.93. The van der Waals surface area contributed by atoms with E-state index in [1.807, 2.05) is 19.1 Å². The Balaban J connectivity index is 1.94. The Kier molecular flexibility index (Phi) is 6.83. The zero-order chi connectivity index (χ0) is 21.0. The molecule has 1 amide bonds. The van der Waals surface area contributed by atoms with Crippen LogP contribution in [0, 0.1) is 18.3 Å². The smallest absolute Gasteiger partial charge is 0.258 e. The summed E-state index contributed by atoms with van der Waals surface area (Å²) in [6.45, 7) is 2.47. The number of nitrogens with zero attached hydrogens (tertiary/aromatic N) is 1. The number of hydrogen-bond donors (Lipinski definition) is 4. The summed E-state index contributed by atoms with van der Waals surface area (Å²) >= 11 is 1.40. The topological polar surface area (TPSA) is 112 Å². The highest BCUT2D eigenvalue weighted by atomic mass is 32.1. The molecule has 6 nitrogen and oxygen atoms in total. The highest BCUT2D eigenvalue weighted by molar-refractivity contribution is 7.28. The number of aryl methyl sites for hydroxylation is 1. The van der Waals surface area contributed by atoms with Crippen LogP contribution in [-0.4, -0.2) is 29.1 Å². The predicted molar refractivity (Wildman–Crippen MR) is 123 cm³/mol. The van der Waals surface area contributed by atoms with Crippen molar-refractivity contribution in [2.75, 3.05) is 6.54 Å². The van der Waals surface area contributed by atoms with E-state index in [0.29, 0.717) is 23.7 Å². The SMILES string of the molecule is Cc1ccc(N=C(N)/C(C(=O)NCCC2CC2)=C(\O)C(=N)c2ccsc2)c(P)c1. The maximum Gasteiger partial charge on any atom is 0.258 e. The third kappa shape index (κ3) is 5.52. The van der Waals surface area contributed by atoms with Crippen molar-refractivity contribution in [2.45, 2.75) is 26.2 Å². The summed E-state index contributed by atoms with van der Waals surface area (Å²) in [5, 5.41) is 26.2. The van der Waals surface area contributed by atoms with Crippen molar-refractivity contribution < 1.29 is 9.90 Å². The van der Waals surface area contributed by atoms with Gasteiger partial charge in [-0.15, -0.1) is 9.24 Å². The molecule has 1 unspecified atom stereocenters. The van der Waals surface area contributed by atoms with Gasteiger partial charge in [-0.05, 0) is 48.1 Å². The van der Waals surface area contributed by atoms with E-state index in [4.69, 9.17) is 11.1 Å². The molecule has 1 aromatic heterocycles. The maximum absolute atomic E-state index is 12.8. The number of carbonyl (C=O) groups excluding carboxylic acids is 1. The molecule has 5 N–H and O–H groups in total. The first-order chi connectivity index (χ1) is 13.9. The van der Waals surface area contributed by atoms with Crippen molar-refractivity contribution in [1.29, 1.82) is 5.41 Å². The molecular formula is C21H25N4O2PS. The van der Waals surface area contributed by atoms with Crippen LogP contribution in [0.4, 0.5) is 5.69 Å². The van der Waals surface area contributed by atoms with Crippen molar-refractivity contribution in [1.82, 2.24) is 5.32 Å². The molecule has 1 fully saturated rings. The van der Waals surface area contributed by atoms with Crippen LogP contribution >= 0.6 is 20.6 Å². The number of nitrogens with one attached hydrogen (secondary N) is 2. The summed E-state index contributed by atoms with van der Waals surface area (Å²) in [7, 11) is 2.59. The van der Waals surface area contributed by atoms with Crippen LogP contribution in [0.25, 0.3) is 0 Å². The van der Waals surface area contributed by atoms with Crippen LogP contribution in [0.1, 0.15) is 30.4 Å². The minimum Gasteiger partial charge on any atom is -0.505 e. The molecule has 0 radical (unpaired) electrons. The quantitative estimate of drug-likeness (QED) is 0.170. The molecule has 0 saturated heterocycles. The monoisotopic (exact) mass is 428 g/mol. The highest BCUT2D eigenvalue weighted by Gasteiger charge is 2.25. The molecule has 1 aliphatic carbocycles. The van der Waals surface area contributed by atoms with Crippen LogP contribution < -0.4 is 16.4 Å². The second kappa shape index (κ2) is 9.33. The molecule has 0 bridgehead atoms. The standard InChI is InChI=1S/C21H25N4O2PS/c1-12-2-5-15(16(28)10-12)25-20(23)17(21(27)24-8-6-13-3-4-13)19(26)18(22)14-7-9-29-11-14/h2,5,7,9-11,13,22,26H,3-4,6,8,28H2,1H3,(H2,23,25)(H,24,27)/b19-17+,22-18?. The molecule has 1 atom stereocenters. The number of amides is 1. The number of hydrogen-bond acceptors (Lipinski definition) is 5. The van der Waals surface area contributed by atoms with Gasteiger partial charge in [-0.2, -0.15) is 11.3 Å². The van der Waals surface area contributed by atoms with Crippen LogP contribution in [0.3, 0.4) is 0 Å². The summed E-state index contributed by atoms with van der Waals surface area (Å²) < 4.78 is 0. The molecule has 1 saturated carbocycles. The molecular weight excluding hydrogens is 403 g/mol. The number of aliphatic imine (C=N–C) groups is 1. The van der Waals surface area contributed by atoms with Gasteiger partial charge in [-0.25, -0.2) is 4.99 Å². The van der Waals surface area contributed by atoms with E-state index in [9.17, 15) is 9.90 Å². The van der Waals surface area contributed by atoms with Crippen LogP contribution in [0.5, 0.6) is 0 Å². The number of rotatable bonds is 8. The van der Waals surface area contributed by atoms with E-state index in [-0.39, 0.29) is 17.1 Å². The molecule has 29 heavy (non-hydrogen) atoms. The highest BCUT2D eigenvalue weighted by Crippen LogP contribution is 2.31. The normalized spacial score (nSPS) is 15.0. The molecule has 8 heteroatoms. The Labute approximate surface area is 176 Å². The number of allylic oxidation sites excluding steroid dienone is 1. The van der Waals surface area contributed by atoms with Crippen LogP contribution in [0.15, 0.2) is 51.4 Å². The number of benzene rings is 1. The fourth-order valence-electron chi connectivity index (χ4n) is 2.86. The Morgan fingerprint density at radius 1 is 1.41 bits per heavy atom. The molecule has 1 heterocycles. The largest absolute Gasteiger partial charge is 0.505 e. The van der Waals surface area contributed by atoms with E-state index in [1.165, 1.54) is 24.2 Å². The lowest BCUT2D eigenvalue weighted by molar-refractivity contribution is -0.117. The number of amidine groups is 1. The minimum atomic E-state index is -0.526. The van der Waals surface area contributed by atoms with Gasteiger partial charge in [-0.3, -0.25) is 10.2 Å². The molecule has 1 aliphatic rings. The number of nitrogens with two attached hydrogens (primary N) is 1. The first-order valence-corrected chi connectivity index (χ1v) is 10.9. The van der Waals surface area contributed by atoms with Gasteiger partial charge in [-0.1, -0.05) is 24.5 Å². The van der Waals surface area contributed by atoms with Crippen molar-refractivity contribution in [3.8, 4) is 0 Å². The van der Waals surface area contributed by atoms with Gasteiger partial charge >= 0.3 is 0 Å². The second-order valence-electron chi connectivity index (χ2n) is 7.16. The molecule has 2 aromatic rings. The number of thiophene rings is 1. The van der Waals surface area contributed by atoms with Gasteiger partial charge in [0, 0.05) is 17.5 Å². The molecule has 3 rings (SSSR count). The van der Waals surface area contributed by atoms with E-state index in [0.717, 1.165) is 17.3 Å². The summed E-state index contributed by atoms with van der Waals surface area (Å²) in [6.07, 6.45) is 3.29. The lowest BCUT2D eigenvalue weighted by Crippen LogP contribution is -2.34. The Hall–Kier alpha value is -2.50. The van der Waals surface area contributed by atoms with Gasteiger partial charge in [0.2, 0.25) is 0 Å². The van der Waals surface area contributed by atoms with Crippen molar-refractivity contribution in [2.24, 2.45) is 16.6 Å². The maximum atomic E-state index is 12.8. The number of aliphatic hydroxyl groups is 1. The number of carbonyl (C=O) groups is 1. The van der Waals surface area contributed by atoms with Gasteiger partial charge in [0.1, 0.15) is 17.1 Å². The molecule has 0 spiro atoms. The lowest BCUT2D eigenvalue weighted by atomic mass is 10.1. The van der Waals surface area contributed by atoms with Crippen LogP contribution in [0.2, 0.25) is 0 Å². The first-order valence-electron chi connectivity index (χ1n) is 9.40. The minimum absolute atomic E-state index is 0.126. The predicted octanol–water partition coefficient (Wildman–Crippen LogP) is 3.34. The van der Waals surface area contributed by atoms with Gasteiger partial charge < -0.3 is 16.2 Å². The van der Waals surface area contributed by atoms with Crippen molar-refractivity contribution in [3.05, 3.63) is 57.5 Å². The fraction of sp³-hybridized carbons (Fsp3) is 0.286. The van der Waals surface area contributed by atoms with Gasteiger partial charge in [0.25, 0.3) is 5.91 Å². The summed E-state index contributed by atoms with van der Waals surface area (Å²) in [5.41, 5.74) is 7.99. The lowest BCUT2D eigenvalue weighted by Gasteiger charge is -2.12. The van der Waals surface area contributed by atoms with E-state index >= 15 is 0 Å². The van der Waals surface area contributed by atoms with Crippen LogP contribution in [-0.2, 0) is 4.79 Å². The van der Waals surface area contributed by atoms with E-state index < -0.39 is 11.7 Å². The van der Waals surface area contributed by atoms with E-state index in [1.54, 1.807) is 22.9 Å². The van der Waals surface area contributed by atoms with E-state index in [2.05, 4.69) is 19.5 Å². The average molecular weight is 428 g/mol. The summed E-state index contributed by atoms with van der Waals surface area (Å²) in [5.74, 6) is -0.467. The third-order valence-corrected chi connectivity index (χ3v) is 5.87. The molecule has 152 valence electrons. The average Bonchev–Trinajstić information content (AvgIpc) is 3.33. The van der Waals surface area contributed by atoms with Crippen molar-refractivity contribution in [3.63, 3.8) is 0 Å².